The molecule has 0 atom stereocenters. The fourth-order valence-electron chi connectivity index (χ4n) is 2.53. The van der Waals surface area contributed by atoms with Gasteiger partial charge in [-0.05, 0) is 56.2 Å². The lowest BCUT2D eigenvalue weighted by Gasteiger charge is -2.11. The molecular weight excluding hydrogens is 335 g/mol. The third-order valence-electron chi connectivity index (χ3n) is 4.21. The lowest BCUT2D eigenvalue weighted by atomic mass is 10.1. The molecule has 1 amide bonds. The number of carbonyl (C=O) groups is 1. The van der Waals surface area contributed by atoms with E-state index in [1.165, 1.54) is 18.2 Å². The summed E-state index contributed by atoms with van der Waals surface area (Å²) >= 11 is 0. The fraction of sp³-hybridized carbons (Fsp3) is 0.200. The predicted octanol–water partition coefficient (Wildman–Crippen LogP) is 4.57. The Kier molecular flexibility index (Phi) is 5.02. The Balaban J connectivity index is 1.78. The zero-order chi connectivity index (χ0) is 18.7. The van der Waals surface area contributed by atoms with E-state index in [2.05, 4.69) is 10.5 Å². The van der Waals surface area contributed by atoms with Crippen LogP contribution in [0.25, 0.3) is 0 Å². The number of benzene rings is 2. The number of rotatable bonds is 5. The summed E-state index contributed by atoms with van der Waals surface area (Å²) in [6.45, 7) is 5.84. The molecule has 0 saturated heterocycles. The number of carbonyl (C=O) groups excluding carboxylic acids is 1. The van der Waals surface area contributed by atoms with Gasteiger partial charge in [0.2, 0.25) is 0 Å². The van der Waals surface area contributed by atoms with E-state index in [1.807, 2.05) is 32.0 Å². The van der Waals surface area contributed by atoms with E-state index < -0.39 is 11.7 Å². The van der Waals surface area contributed by atoms with Gasteiger partial charge < -0.3 is 14.6 Å². The summed E-state index contributed by atoms with van der Waals surface area (Å²) in [5, 5.41) is 6.44. The number of hydrogen-bond donors (Lipinski definition) is 1. The number of nitrogens with zero attached hydrogens (tertiary/aromatic N) is 1. The molecule has 1 heterocycles. The van der Waals surface area contributed by atoms with Crippen molar-refractivity contribution in [3.8, 4) is 5.75 Å². The van der Waals surface area contributed by atoms with Gasteiger partial charge in [-0.25, -0.2) is 4.39 Å². The number of nitrogens with one attached hydrogen (secondary N) is 1. The SMILES string of the molecule is Cc1cccc(OCc2c(C(=O)Nc3cccc(F)c3)noc2C)c1C. The van der Waals surface area contributed by atoms with Crippen LogP contribution in [0.5, 0.6) is 5.75 Å². The van der Waals surface area contributed by atoms with E-state index in [4.69, 9.17) is 9.26 Å². The highest BCUT2D eigenvalue weighted by molar-refractivity contribution is 6.03. The van der Waals surface area contributed by atoms with Gasteiger partial charge in [-0.3, -0.25) is 4.79 Å². The van der Waals surface area contributed by atoms with Crippen molar-refractivity contribution >= 4 is 11.6 Å². The molecule has 0 saturated carbocycles. The molecule has 3 rings (SSSR count). The Morgan fingerprint density at radius 1 is 1.19 bits per heavy atom. The Hall–Kier alpha value is -3.15. The second kappa shape index (κ2) is 7.39. The first kappa shape index (κ1) is 17.7. The molecule has 5 nitrogen and oxygen atoms in total. The second-order valence-electron chi connectivity index (χ2n) is 6.02. The molecule has 3 aromatic rings. The second-order valence-corrected chi connectivity index (χ2v) is 6.02. The molecule has 0 bridgehead atoms. The van der Waals surface area contributed by atoms with Gasteiger partial charge in [0.25, 0.3) is 5.91 Å². The van der Waals surface area contributed by atoms with E-state index in [1.54, 1.807) is 13.0 Å². The van der Waals surface area contributed by atoms with Crippen molar-refractivity contribution in [2.24, 2.45) is 0 Å². The molecule has 0 unspecified atom stereocenters. The largest absolute Gasteiger partial charge is 0.488 e. The average molecular weight is 354 g/mol. The first-order valence-electron chi connectivity index (χ1n) is 8.17. The summed E-state index contributed by atoms with van der Waals surface area (Å²) in [4.78, 5) is 12.5. The number of ether oxygens (including phenoxy) is 1. The van der Waals surface area contributed by atoms with Crippen molar-refractivity contribution in [1.29, 1.82) is 0 Å². The van der Waals surface area contributed by atoms with Crippen molar-refractivity contribution in [2.45, 2.75) is 27.4 Å². The van der Waals surface area contributed by atoms with Gasteiger partial charge in [-0.2, -0.15) is 0 Å². The van der Waals surface area contributed by atoms with E-state index in [0.29, 0.717) is 17.0 Å². The smallest absolute Gasteiger partial charge is 0.278 e. The molecule has 26 heavy (non-hydrogen) atoms. The predicted molar refractivity (Wildman–Crippen MR) is 95.8 cm³/mol. The molecule has 0 aliphatic rings. The van der Waals surface area contributed by atoms with Crippen LogP contribution in [0.4, 0.5) is 10.1 Å². The molecule has 0 fully saturated rings. The van der Waals surface area contributed by atoms with Crippen LogP contribution < -0.4 is 10.1 Å². The average Bonchev–Trinajstić information content (AvgIpc) is 2.97. The molecule has 0 spiro atoms. The molecule has 6 heteroatoms. The van der Waals surface area contributed by atoms with Crippen molar-refractivity contribution in [2.75, 3.05) is 5.32 Å². The summed E-state index contributed by atoms with van der Waals surface area (Å²) in [7, 11) is 0. The van der Waals surface area contributed by atoms with Crippen LogP contribution in [-0.4, -0.2) is 11.1 Å². The van der Waals surface area contributed by atoms with Crippen LogP contribution in [0.2, 0.25) is 0 Å². The molecule has 0 aliphatic heterocycles. The molecule has 1 N–H and O–H groups in total. The zero-order valence-electron chi connectivity index (χ0n) is 14.8. The lowest BCUT2D eigenvalue weighted by Crippen LogP contribution is -2.15. The van der Waals surface area contributed by atoms with E-state index in [-0.39, 0.29) is 12.3 Å². The summed E-state index contributed by atoms with van der Waals surface area (Å²) in [6.07, 6.45) is 0. The number of hydrogen-bond acceptors (Lipinski definition) is 4. The Bertz CT molecular complexity index is 950. The zero-order valence-corrected chi connectivity index (χ0v) is 14.8. The van der Waals surface area contributed by atoms with Gasteiger partial charge >= 0.3 is 0 Å². The minimum Gasteiger partial charge on any atom is -0.488 e. The van der Waals surface area contributed by atoms with E-state index in [0.717, 1.165) is 16.9 Å². The molecule has 2 aromatic carbocycles. The maximum atomic E-state index is 13.3. The number of aryl methyl sites for hydroxylation is 2. The first-order chi connectivity index (χ1) is 12.5. The summed E-state index contributed by atoms with van der Waals surface area (Å²) < 4.78 is 24.3. The van der Waals surface area contributed by atoms with E-state index in [9.17, 15) is 9.18 Å². The minimum atomic E-state index is -0.480. The quantitative estimate of drug-likeness (QED) is 0.729. The molecular formula is C20H19FN2O3. The van der Waals surface area contributed by atoms with Crippen LogP contribution in [0.3, 0.4) is 0 Å². The topological polar surface area (TPSA) is 64.4 Å². The number of aromatic nitrogens is 1. The molecule has 0 radical (unpaired) electrons. The number of halogens is 1. The highest BCUT2D eigenvalue weighted by Crippen LogP contribution is 2.24. The van der Waals surface area contributed by atoms with Crippen molar-refractivity contribution in [3.63, 3.8) is 0 Å². The molecule has 1 aromatic heterocycles. The number of amides is 1. The first-order valence-corrected chi connectivity index (χ1v) is 8.17. The Morgan fingerprint density at radius 2 is 1.96 bits per heavy atom. The van der Waals surface area contributed by atoms with Gasteiger partial charge in [0.1, 0.15) is 23.9 Å². The van der Waals surface area contributed by atoms with Gasteiger partial charge in [0, 0.05) is 5.69 Å². The van der Waals surface area contributed by atoms with Crippen LogP contribution in [0.15, 0.2) is 47.0 Å². The third-order valence-corrected chi connectivity index (χ3v) is 4.21. The molecule has 134 valence electrons. The van der Waals surface area contributed by atoms with Crippen molar-refractivity contribution in [1.82, 2.24) is 5.16 Å². The minimum absolute atomic E-state index is 0.122. The third kappa shape index (κ3) is 3.74. The summed E-state index contributed by atoms with van der Waals surface area (Å²) in [5.41, 5.74) is 3.18. The van der Waals surface area contributed by atoms with Gasteiger partial charge in [0.15, 0.2) is 5.69 Å². The highest BCUT2D eigenvalue weighted by atomic mass is 19.1. The number of anilines is 1. The van der Waals surface area contributed by atoms with Crippen molar-refractivity contribution < 1.29 is 18.4 Å². The highest BCUT2D eigenvalue weighted by Gasteiger charge is 2.21. The van der Waals surface area contributed by atoms with Gasteiger partial charge in [-0.15, -0.1) is 0 Å². The van der Waals surface area contributed by atoms with Crippen LogP contribution >= 0.6 is 0 Å². The van der Waals surface area contributed by atoms with E-state index >= 15 is 0 Å². The van der Waals surface area contributed by atoms with Crippen LogP contribution in [0, 0.1) is 26.6 Å². The Morgan fingerprint density at radius 3 is 2.73 bits per heavy atom. The van der Waals surface area contributed by atoms with Gasteiger partial charge in [-0.1, -0.05) is 23.4 Å². The van der Waals surface area contributed by atoms with Crippen molar-refractivity contribution in [3.05, 3.63) is 76.4 Å². The van der Waals surface area contributed by atoms with Gasteiger partial charge in [0.05, 0.1) is 5.56 Å². The summed E-state index contributed by atoms with van der Waals surface area (Å²) in [5.74, 6) is 0.325. The van der Waals surface area contributed by atoms with Crippen LogP contribution in [-0.2, 0) is 6.61 Å². The summed E-state index contributed by atoms with van der Waals surface area (Å²) in [6, 6.07) is 11.4. The normalized spacial score (nSPS) is 10.6. The monoisotopic (exact) mass is 354 g/mol. The fourth-order valence-corrected chi connectivity index (χ4v) is 2.53. The van der Waals surface area contributed by atoms with Crippen LogP contribution in [0.1, 0.15) is 32.9 Å². The Labute approximate surface area is 150 Å². The maximum absolute atomic E-state index is 13.3. The maximum Gasteiger partial charge on any atom is 0.278 e. The standard InChI is InChI=1S/C20H19FN2O3/c1-12-6-4-9-18(13(12)2)25-11-17-14(3)26-23-19(17)20(24)22-16-8-5-7-15(21)10-16/h4-10H,11H2,1-3H3,(H,22,24). The lowest BCUT2D eigenvalue weighted by molar-refractivity contribution is 0.101. The molecule has 0 aliphatic carbocycles.